The van der Waals surface area contributed by atoms with Crippen molar-refractivity contribution < 1.29 is 19.4 Å². The first-order chi connectivity index (χ1) is 16.3. The van der Waals surface area contributed by atoms with Crippen molar-refractivity contribution in [3.63, 3.8) is 0 Å². The fourth-order valence-corrected chi connectivity index (χ4v) is 2.24. The molecular formula is C30H40O4. The van der Waals surface area contributed by atoms with Crippen LogP contribution in [0.5, 0.6) is 0 Å². The smallest absolute Gasteiger partial charge is 0.330 e. The lowest BCUT2D eigenvalue weighted by molar-refractivity contribution is -0.138. The van der Waals surface area contributed by atoms with E-state index < -0.39 is 5.97 Å². The highest BCUT2D eigenvalue weighted by Crippen LogP contribution is 2.07. The van der Waals surface area contributed by atoms with Gasteiger partial charge in [0.2, 0.25) is 0 Å². The molecule has 0 aliphatic carbocycles. The molecule has 0 heterocycles. The number of carbonyl (C=O) groups is 2. The molecule has 184 valence electrons. The predicted octanol–water partition coefficient (Wildman–Crippen LogP) is 7.85. The molecule has 34 heavy (non-hydrogen) atoms. The van der Waals surface area contributed by atoms with Crippen LogP contribution in [-0.4, -0.2) is 23.7 Å². The standard InChI is InChI=1S/C11H20O2.2C8H8.C3H4O2/c1-4-11(12)13-9-7-5-6-8-10(2)3;2*1-2-8-6-4-3-5-7-8;1-2-3(4)5/h4,10H,1,5-9H2,2-3H3;2*2-7H,1H2;2H,1H2,(H,4,5). The van der Waals surface area contributed by atoms with Gasteiger partial charge in [-0.15, -0.1) is 0 Å². The molecular weight excluding hydrogens is 424 g/mol. The predicted molar refractivity (Wildman–Crippen MR) is 145 cm³/mol. The summed E-state index contributed by atoms with van der Waals surface area (Å²) in [6, 6.07) is 20.1. The van der Waals surface area contributed by atoms with Crippen molar-refractivity contribution in [2.75, 3.05) is 6.61 Å². The number of rotatable bonds is 10. The Bertz CT molecular complexity index is 765. The van der Waals surface area contributed by atoms with Gasteiger partial charge in [0.05, 0.1) is 6.61 Å². The van der Waals surface area contributed by atoms with E-state index in [0.29, 0.717) is 6.61 Å². The van der Waals surface area contributed by atoms with E-state index in [0.717, 1.165) is 24.8 Å². The van der Waals surface area contributed by atoms with E-state index in [4.69, 9.17) is 9.84 Å². The molecule has 4 nitrogen and oxygen atoms in total. The summed E-state index contributed by atoms with van der Waals surface area (Å²) in [5.41, 5.74) is 2.35. The zero-order valence-electron chi connectivity index (χ0n) is 20.7. The minimum absolute atomic E-state index is 0.316. The molecule has 0 aliphatic rings. The molecule has 0 bridgehead atoms. The summed E-state index contributed by atoms with van der Waals surface area (Å²) in [7, 11) is 0. The first-order valence-electron chi connectivity index (χ1n) is 11.3. The summed E-state index contributed by atoms with van der Waals surface area (Å²) in [6.07, 6.45) is 10.3. The van der Waals surface area contributed by atoms with Gasteiger partial charge in [-0.05, 0) is 23.5 Å². The fourth-order valence-electron chi connectivity index (χ4n) is 2.24. The number of hydrogen-bond acceptors (Lipinski definition) is 3. The van der Waals surface area contributed by atoms with Crippen molar-refractivity contribution in [2.24, 2.45) is 5.92 Å². The van der Waals surface area contributed by atoms with E-state index in [2.05, 4.69) is 40.2 Å². The lowest BCUT2D eigenvalue weighted by Gasteiger charge is -2.04. The average Bonchev–Trinajstić information content (AvgIpc) is 2.87. The van der Waals surface area contributed by atoms with E-state index in [1.54, 1.807) is 0 Å². The zero-order chi connectivity index (χ0) is 26.0. The summed E-state index contributed by atoms with van der Waals surface area (Å²) in [5, 5.41) is 7.60. The molecule has 0 aliphatic heterocycles. The van der Waals surface area contributed by atoms with Gasteiger partial charge in [-0.25, -0.2) is 9.59 Å². The summed E-state index contributed by atoms with van der Waals surface area (Å²) in [6.45, 7) is 18.5. The van der Waals surface area contributed by atoms with Crippen LogP contribution in [0.25, 0.3) is 12.2 Å². The number of carbonyl (C=O) groups excluding carboxylic acids is 1. The topological polar surface area (TPSA) is 63.6 Å². The van der Waals surface area contributed by atoms with Crippen molar-refractivity contribution in [2.45, 2.75) is 39.5 Å². The maximum absolute atomic E-state index is 10.6. The monoisotopic (exact) mass is 464 g/mol. The quantitative estimate of drug-likeness (QED) is 0.221. The largest absolute Gasteiger partial charge is 0.478 e. The van der Waals surface area contributed by atoms with Crippen LogP contribution in [0.1, 0.15) is 50.7 Å². The minimum atomic E-state index is -0.981. The lowest BCUT2D eigenvalue weighted by atomic mass is 10.1. The van der Waals surface area contributed by atoms with Gasteiger partial charge < -0.3 is 9.84 Å². The first kappa shape index (κ1) is 32.5. The molecule has 0 aromatic heterocycles. The van der Waals surface area contributed by atoms with Crippen LogP contribution in [0.2, 0.25) is 0 Å². The lowest BCUT2D eigenvalue weighted by Crippen LogP contribution is -2.01. The molecule has 1 N–H and O–H groups in total. The highest BCUT2D eigenvalue weighted by molar-refractivity contribution is 5.81. The van der Waals surface area contributed by atoms with E-state index in [-0.39, 0.29) is 5.97 Å². The molecule has 2 aromatic rings. The first-order valence-corrected chi connectivity index (χ1v) is 11.3. The van der Waals surface area contributed by atoms with Crippen LogP contribution in [-0.2, 0) is 14.3 Å². The Kier molecular flexibility index (Phi) is 22.9. The molecule has 4 heteroatoms. The second-order valence-corrected chi connectivity index (χ2v) is 7.39. The number of hydrogen-bond donors (Lipinski definition) is 1. The molecule has 2 rings (SSSR count). The number of esters is 1. The van der Waals surface area contributed by atoms with Crippen LogP contribution < -0.4 is 0 Å². The Morgan fingerprint density at radius 1 is 0.794 bits per heavy atom. The zero-order valence-corrected chi connectivity index (χ0v) is 20.7. The number of unbranched alkanes of at least 4 members (excludes halogenated alkanes) is 2. The Morgan fingerprint density at radius 3 is 1.53 bits per heavy atom. The number of benzene rings is 2. The third-order valence-corrected chi connectivity index (χ3v) is 4.08. The summed E-state index contributed by atoms with van der Waals surface area (Å²) < 4.78 is 4.84. The van der Waals surface area contributed by atoms with Crippen LogP contribution in [0.4, 0.5) is 0 Å². The molecule has 0 amide bonds. The second-order valence-electron chi connectivity index (χ2n) is 7.39. The van der Waals surface area contributed by atoms with Crippen LogP contribution in [0, 0.1) is 5.92 Å². The number of aliphatic carboxylic acids is 1. The van der Waals surface area contributed by atoms with Crippen LogP contribution in [0.15, 0.2) is 99.1 Å². The molecule has 0 fully saturated rings. The summed E-state index contributed by atoms with van der Waals surface area (Å²) >= 11 is 0. The van der Waals surface area contributed by atoms with Crippen molar-refractivity contribution in [3.8, 4) is 0 Å². The van der Waals surface area contributed by atoms with Crippen LogP contribution >= 0.6 is 0 Å². The third kappa shape index (κ3) is 24.6. The van der Waals surface area contributed by atoms with Gasteiger partial charge >= 0.3 is 11.9 Å². The second kappa shape index (κ2) is 24.0. The summed E-state index contributed by atoms with van der Waals surface area (Å²) in [4.78, 5) is 19.9. The van der Waals surface area contributed by atoms with E-state index in [9.17, 15) is 9.59 Å². The molecule has 2 aromatic carbocycles. The molecule has 0 unspecified atom stereocenters. The van der Waals surface area contributed by atoms with E-state index >= 15 is 0 Å². The van der Waals surface area contributed by atoms with E-state index in [1.807, 2.05) is 72.8 Å². The van der Waals surface area contributed by atoms with Crippen molar-refractivity contribution in [1.29, 1.82) is 0 Å². The van der Waals surface area contributed by atoms with Crippen molar-refractivity contribution in [1.82, 2.24) is 0 Å². The van der Waals surface area contributed by atoms with Gasteiger partial charge in [-0.1, -0.05) is 132 Å². The Hall–Kier alpha value is -3.66. The number of ether oxygens (including phenoxy) is 1. The Labute approximate surface area is 206 Å². The fraction of sp³-hybridized carbons (Fsp3) is 0.267. The van der Waals surface area contributed by atoms with E-state index in [1.165, 1.54) is 30.0 Å². The van der Waals surface area contributed by atoms with Gasteiger partial charge in [0.15, 0.2) is 0 Å². The van der Waals surface area contributed by atoms with Gasteiger partial charge in [0.25, 0.3) is 0 Å². The van der Waals surface area contributed by atoms with Crippen molar-refractivity contribution >= 4 is 24.1 Å². The van der Waals surface area contributed by atoms with Crippen molar-refractivity contribution in [3.05, 3.63) is 110 Å². The molecule has 0 radical (unpaired) electrons. The molecule has 0 saturated carbocycles. The highest BCUT2D eigenvalue weighted by Gasteiger charge is 1.96. The van der Waals surface area contributed by atoms with Gasteiger partial charge in [-0.2, -0.15) is 0 Å². The Morgan fingerprint density at radius 2 is 1.24 bits per heavy atom. The number of carboxylic acid groups (broad SMARTS) is 1. The normalized spacial score (nSPS) is 8.79. The summed E-state index contributed by atoms with van der Waals surface area (Å²) in [5.74, 6) is -0.524. The van der Waals surface area contributed by atoms with Crippen LogP contribution in [0.3, 0.4) is 0 Å². The molecule has 0 saturated heterocycles. The minimum Gasteiger partial charge on any atom is -0.478 e. The highest BCUT2D eigenvalue weighted by atomic mass is 16.5. The van der Waals surface area contributed by atoms with Gasteiger partial charge in [0, 0.05) is 12.2 Å². The van der Waals surface area contributed by atoms with Gasteiger partial charge in [-0.3, -0.25) is 0 Å². The average molecular weight is 465 g/mol. The van der Waals surface area contributed by atoms with Gasteiger partial charge in [0.1, 0.15) is 0 Å². The molecule has 0 spiro atoms. The maximum atomic E-state index is 10.6. The Balaban J connectivity index is 0. The number of carboxylic acids is 1. The maximum Gasteiger partial charge on any atom is 0.330 e. The SMILES string of the molecule is C=CC(=O)O.C=CC(=O)OCCCCCC(C)C.C=Cc1ccccc1.C=Cc1ccccc1. The third-order valence-electron chi connectivity index (χ3n) is 4.08. The molecule has 0 atom stereocenters.